The molecule has 2 saturated heterocycles. The number of rotatable bonds is 2. The fraction of sp³-hybridized carbons (Fsp3) is 0.750. The molecule has 3 nitrogen and oxygen atoms in total. The van der Waals surface area contributed by atoms with Crippen molar-refractivity contribution in [2.45, 2.75) is 31.8 Å². The lowest BCUT2D eigenvalue weighted by atomic mass is 10.2. The highest BCUT2D eigenvalue weighted by molar-refractivity contribution is 7.15. The highest BCUT2D eigenvalue weighted by Crippen LogP contribution is 2.24. The summed E-state index contributed by atoms with van der Waals surface area (Å²) in [5, 5.41) is 0. The molecule has 0 amide bonds. The van der Waals surface area contributed by atoms with Crippen LogP contribution in [0.15, 0.2) is 6.20 Å². The van der Waals surface area contributed by atoms with E-state index in [-0.39, 0.29) is 0 Å². The predicted molar refractivity (Wildman–Crippen MR) is 71.6 cm³/mol. The van der Waals surface area contributed by atoms with Crippen molar-refractivity contribution in [2.24, 2.45) is 0 Å². The second kappa shape index (κ2) is 5.22. The van der Waals surface area contributed by atoms with E-state index in [9.17, 15) is 0 Å². The van der Waals surface area contributed by atoms with Gasteiger partial charge in [0.2, 0.25) is 0 Å². The van der Waals surface area contributed by atoms with E-state index >= 15 is 0 Å². The number of thiazole rings is 1. The van der Waals surface area contributed by atoms with Crippen LogP contribution in [0.25, 0.3) is 0 Å². The number of hydrogen-bond donors (Lipinski definition) is 0. The maximum absolute atomic E-state index is 5.88. The molecule has 1 unspecified atom stereocenters. The van der Waals surface area contributed by atoms with Gasteiger partial charge in [-0.2, -0.15) is 0 Å². The van der Waals surface area contributed by atoms with Gasteiger partial charge in [-0.15, -0.1) is 11.3 Å². The Morgan fingerprint density at radius 2 is 2.24 bits per heavy atom. The molecule has 3 heterocycles. The van der Waals surface area contributed by atoms with Gasteiger partial charge in [0.25, 0.3) is 0 Å². The van der Waals surface area contributed by atoms with E-state index in [2.05, 4.69) is 14.8 Å². The maximum atomic E-state index is 5.88. The van der Waals surface area contributed by atoms with Gasteiger partial charge < -0.3 is 0 Å². The quantitative estimate of drug-likeness (QED) is 0.824. The highest BCUT2D eigenvalue weighted by Gasteiger charge is 2.28. The van der Waals surface area contributed by atoms with Crippen LogP contribution in [0.5, 0.6) is 0 Å². The lowest BCUT2D eigenvalue weighted by molar-refractivity contribution is 0.216. The zero-order chi connectivity index (χ0) is 11.7. The largest absolute Gasteiger partial charge is 0.299 e. The van der Waals surface area contributed by atoms with E-state index in [1.807, 2.05) is 6.20 Å². The average Bonchev–Trinajstić information content (AvgIpc) is 2.85. The van der Waals surface area contributed by atoms with E-state index in [0.29, 0.717) is 4.47 Å². The first-order valence-electron chi connectivity index (χ1n) is 6.38. The minimum Gasteiger partial charge on any atom is -0.299 e. The third kappa shape index (κ3) is 2.81. The fourth-order valence-corrected chi connectivity index (χ4v) is 4.02. The van der Waals surface area contributed by atoms with Gasteiger partial charge in [-0.05, 0) is 38.9 Å². The summed E-state index contributed by atoms with van der Waals surface area (Å²) in [6, 6.07) is 0.792. The Hall–Kier alpha value is -0.160. The third-order valence-electron chi connectivity index (χ3n) is 3.79. The first kappa shape index (κ1) is 11.9. The number of nitrogens with zero attached hydrogens (tertiary/aromatic N) is 3. The molecule has 3 rings (SSSR count). The van der Waals surface area contributed by atoms with Crippen molar-refractivity contribution in [3.8, 4) is 0 Å². The summed E-state index contributed by atoms with van der Waals surface area (Å²) in [5.41, 5.74) is 0. The standard InChI is InChI=1S/C12H18ClN3S/c13-12-14-7-11(17-12)9-15-4-2-6-16-5-1-3-10(16)8-15/h7,10H,1-6,8-9H2. The molecule has 2 aliphatic heterocycles. The average molecular weight is 272 g/mol. The third-order valence-corrected chi connectivity index (χ3v) is 4.89. The van der Waals surface area contributed by atoms with Crippen LogP contribution < -0.4 is 0 Å². The van der Waals surface area contributed by atoms with E-state index < -0.39 is 0 Å². The molecule has 0 N–H and O–H groups in total. The Morgan fingerprint density at radius 3 is 3.06 bits per heavy atom. The molecule has 1 aromatic rings. The van der Waals surface area contributed by atoms with Crippen molar-refractivity contribution in [1.29, 1.82) is 0 Å². The van der Waals surface area contributed by atoms with Gasteiger partial charge in [0.1, 0.15) is 0 Å². The molecule has 17 heavy (non-hydrogen) atoms. The molecule has 0 saturated carbocycles. The summed E-state index contributed by atoms with van der Waals surface area (Å²) >= 11 is 7.49. The summed E-state index contributed by atoms with van der Waals surface area (Å²) in [6.45, 7) is 6.04. The van der Waals surface area contributed by atoms with Gasteiger partial charge in [-0.3, -0.25) is 9.80 Å². The van der Waals surface area contributed by atoms with Gasteiger partial charge in [-0.25, -0.2) is 4.98 Å². The molecule has 2 aliphatic rings. The predicted octanol–water partition coefficient (Wildman–Crippen LogP) is 2.47. The minimum atomic E-state index is 0.664. The van der Waals surface area contributed by atoms with Crippen LogP contribution in [-0.4, -0.2) is 47.0 Å². The van der Waals surface area contributed by atoms with Crippen LogP contribution in [0.1, 0.15) is 24.1 Å². The van der Waals surface area contributed by atoms with E-state index in [1.165, 1.54) is 50.3 Å². The molecule has 1 atom stereocenters. The Morgan fingerprint density at radius 1 is 1.35 bits per heavy atom. The highest BCUT2D eigenvalue weighted by atomic mass is 35.5. The summed E-state index contributed by atoms with van der Waals surface area (Å²) in [6.07, 6.45) is 5.97. The normalized spacial score (nSPS) is 27.0. The molecular weight excluding hydrogens is 254 g/mol. The van der Waals surface area contributed by atoms with E-state index in [1.54, 1.807) is 11.3 Å². The van der Waals surface area contributed by atoms with Crippen LogP contribution in [0.3, 0.4) is 0 Å². The fourth-order valence-electron chi connectivity index (χ4n) is 3.00. The van der Waals surface area contributed by atoms with E-state index in [0.717, 1.165) is 12.6 Å². The number of hydrogen-bond acceptors (Lipinski definition) is 4. The molecule has 0 bridgehead atoms. The molecular formula is C12H18ClN3S. The Kier molecular flexibility index (Phi) is 3.66. The second-order valence-corrected chi connectivity index (χ2v) is 6.70. The van der Waals surface area contributed by atoms with Gasteiger partial charge in [-0.1, -0.05) is 11.6 Å². The molecule has 2 fully saturated rings. The number of halogens is 1. The van der Waals surface area contributed by atoms with Gasteiger partial charge in [0.15, 0.2) is 4.47 Å². The molecule has 0 spiro atoms. The minimum absolute atomic E-state index is 0.664. The van der Waals surface area contributed by atoms with Crippen molar-refractivity contribution < 1.29 is 0 Å². The van der Waals surface area contributed by atoms with Crippen molar-refractivity contribution in [2.75, 3.05) is 26.2 Å². The first-order chi connectivity index (χ1) is 8.31. The molecule has 94 valence electrons. The number of aromatic nitrogens is 1. The maximum Gasteiger partial charge on any atom is 0.183 e. The van der Waals surface area contributed by atoms with Crippen molar-refractivity contribution in [3.63, 3.8) is 0 Å². The van der Waals surface area contributed by atoms with Crippen LogP contribution >= 0.6 is 22.9 Å². The zero-order valence-corrected chi connectivity index (χ0v) is 11.5. The summed E-state index contributed by atoms with van der Waals surface area (Å²) in [4.78, 5) is 10.6. The topological polar surface area (TPSA) is 19.4 Å². The lowest BCUT2D eigenvalue weighted by Crippen LogP contribution is -2.36. The van der Waals surface area contributed by atoms with Crippen molar-refractivity contribution >= 4 is 22.9 Å². The van der Waals surface area contributed by atoms with Crippen LogP contribution in [0, 0.1) is 0 Å². The Labute approximate surface area is 111 Å². The number of fused-ring (bicyclic) bond motifs is 1. The SMILES string of the molecule is Clc1ncc(CN2CCCN3CCCC3C2)s1. The summed E-state index contributed by atoms with van der Waals surface area (Å²) in [5.74, 6) is 0. The van der Waals surface area contributed by atoms with Crippen LogP contribution in [0.4, 0.5) is 0 Å². The Balaban J connectivity index is 1.63. The lowest BCUT2D eigenvalue weighted by Gasteiger charge is -2.24. The van der Waals surface area contributed by atoms with Crippen LogP contribution in [0.2, 0.25) is 4.47 Å². The smallest absolute Gasteiger partial charge is 0.183 e. The summed E-state index contributed by atoms with van der Waals surface area (Å²) in [7, 11) is 0. The molecule has 0 aliphatic carbocycles. The van der Waals surface area contributed by atoms with E-state index in [4.69, 9.17) is 11.6 Å². The summed E-state index contributed by atoms with van der Waals surface area (Å²) < 4.78 is 0.664. The second-order valence-electron chi connectivity index (χ2n) is 5.00. The zero-order valence-electron chi connectivity index (χ0n) is 9.94. The molecule has 5 heteroatoms. The van der Waals surface area contributed by atoms with Crippen molar-refractivity contribution in [1.82, 2.24) is 14.8 Å². The Bertz CT molecular complexity index is 382. The van der Waals surface area contributed by atoms with Crippen molar-refractivity contribution in [3.05, 3.63) is 15.5 Å². The van der Waals surface area contributed by atoms with Gasteiger partial charge >= 0.3 is 0 Å². The molecule has 0 radical (unpaired) electrons. The first-order valence-corrected chi connectivity index (χ1v) is 7.57. The van der Waals surface area contributed by atoms with Gasteiger partial charge in [0.05, 0.1) is 0 Å². The molecule has 1 aromatic heterocycles. The monoisotopic (exact) mass is 271 g/mol. The van der Waals surface area contributed by atoms with Gasteiger partial charge in [0, 0.05) is 30.2 Å². The van der Waals surface area contributed by atoms with Crippen LogP contribution in [-0.2, 0) is 6.54 Å². The molecule has 0 aromatic carbocycles.